The predicted molar refractivity (Wildman–Crippen MR) is 95.5 cm³/mol. The Bertz CT molecular complexity index is 1150. The number of fused-ring (bicyclic) bond motifs is 5. The lowest BCUT2D eigenvalue weighted by molar-refractivity contribution is -0.130. The van der Waals surface area contributed by atoms with Crippen LogP contribution in [0.3, 0.4) is 0 Å². The van der Waals surface area contributed by atoms with Crippen molar-refractivity contribution < 1.29 is 21.6 Å². The van der Waals surface area contributed by atoms with Crippen LogP contribution in [0.2, 0.25) is 0 Å². The molecule has 1 N–H and O–H groups in total. The molecule has 0 spiro atoms. The van der Waals surface area contributed by atoms with Gasteiger partial charge in [0, 0.05) is 31.4 Å². The van der Waals surface area contributed by atoms with Gasteiger partial charge in [0.2, 0.25) is 16.0 Å². The summed E-state index contributed by atoms with van der Waals surface area (Å²) in [5.41, 5.74) is 2.40. The largest absolute Gasteiger partial charge is 0.390 e. The van der Waals surface area contributed by atoms with E-state index in [1.54, 1.807) is 18.6 Å². The van der Waals surface area contributed by atoms with Crippen LogP contribution in [0.4, 0.5) is 19.1 Å². The van der Waals surface area contributed by atoms with E-state index in [-0.39, 0.29) is 18.6 Å². The molecule has 2 aliphatic heterocycles. The fraction of sp³-hybridized carbons (Fsp3) is 0.500. The van der Waals surface area contributed by atoms with Gasteiger partial charge < -0.3 is 9.88 Å². The highest BCUT2D eigenvalue weighted by Crippen LogP contribution is 2.37. The second kappa shape index (κ2) is 5.83. The second-order valence-corrected chi connectivity index (χ2v) is 9.28. The van der Waals surface area contributed by atoms with Gasteiger partial charge in [-0.25, -0.2) is 18.4 Å². The molecule has 0 radical (unpaired) electrons. The van der Waals surface area contributed by atoms with Crippen molar-refractivity contribution in [1.82, 2.24) is 23.7 Å². The Morgan fingerprint density at radius 2 is 1.96 bits per heavy atom. The first kappa shape index (κ1) is 17.7. The maximum absolute atomic E-state index is 12.4. The molecular weight excluding hydrogens is 397 g/mol. The molecule has 8 nitrogen and oxygen atoms in total. The Labute approximate surface area is 158 Å². The van der Waals surface area contributed by atoms with Crippen LogP contribution >= 0.6 is 0 Å². The first-order chi connectivity index (χ1) is 13.2. The van der Waals surface area contributed by atoms with Crippen molar-refractivity contribution in [2.24, 2.45) is 0 Å². The number of anilines is 1. The lowest BCUT2D eigenvalue weighted by Crippen LogP contribution is -2.50. The van der Waals surface area contributed by atoms with Crippen molar-refractivity contribution in [3.63, 3.8) is 0 Å². The normalized spacial score (nSPS) is 23.5. The first-order valence-corrected chi connectivity index (χ1v) is 10.5. The summed E-state index contributed by atoms with van der Waals surface area (Å²) in [6, 6.07) is 1.44. The Morgan fingerprint density at radius 3 is 2.68 bits per heavy atom. The number of alkyl halides is 3. The molecule has 3 aromatic rings. The van der Waals surface area contributed by atoms with Gasteiger partial charge in [-0.05, 0) is 12.5 Å². The summed E-state index contributed by atoms with van der Waals surface area (Å²) < 4.78 is 65.3. The van der Waals surface area contributed by atoms with Crippen LogP contribution in [-0.2, 0) is 10.0 Å². The molecule has 2 saturated heterocycles. The molecule has 5 rings (SSSR count). The summed E-state index contributed by atoms with van der Waals surface area (Å²) in [7, 11) is -3.94. The molecular formula is C16H17F3N6O2S. The molecule has 0 aliphatic carbocycles. The third-order valence-corrected chi connectivity index (χ3v) is 7.37. The van der Waals surface area contributed by atoms with Crippen LogP contribution < -0.4 is 4.90 Å². The molecule has 28 heavy (non-hydrogen) atoms. The van der Waals surface area contributed by atoms with Gasteiger partial charge >= 0.3 is 6.18 Å². The fourth-order valence-corrected chi connectivity index (χ4v) is 5.97. The number of aromatic nitrogens is 4. The molecule has 2 fully saturated rings. The number of piperazine rings is 1. The lowest BCUT2D eigenvalue weighted by Gasteiger charge is -2.33. The number of nitrogens with one attached hydrogen (secondary N) is 1. The first-order valence-electron chi connectivity index (χ1n) is 8.85. The molecule has 0 unspecified atom stereocenters. The molecule has 150 valence electrons. The highest BCUT2D eigenvalue weighted by Gasteiger charge is 2.49. The molecule has 0 saturated carbocycles. The topological polar surface area (TPSA) is 86.6 Å². The summed E-state index contributed by atoms with van der Waals surface area (Å²) in [5.74, 6) is -0.205. The third-order valence-electron chi connectivity index (χ3n) is 5.49. The number of H-pyrrole nitrogens is 1. The predicted octanol–water partition coefficient (Wildman–Crippen LogP) is 1.76. The number of hydrogen-bond donors (Lipinski definition) is 1. The van der Waals surface area contributed by atoms with Crippen molar-refractivity contribution in [2.75, 3.05) is 23.7 Å². The van der Waals surface area contributed by atoms with Gasteiger partial charge in [0.1, 0.15) is 0 Å². The van der Waals surface area contributed by atoms with E-state index < -0.39 is 28.4 Å². The number of rotatable bonds is 4. The van der Waals surface area contributed by atoms with Gasteiger partial charge in [-0.3, -0.25) is 4.40 Å². The SMILES string of the molecule is O=S(=O)(CCC(F)(F)F)N1C[C@@H]2C[C@H]1CN2c1ncc2cnc3[nH]ccc3n12. The van der Waals surface area contributed by atoms with Gasteiger partial charge in [-0.2, -0.15) is 17.5 Å². The molecule has 0 amide bonds. The minimum Gasteiger partial charge on any atom is -0.345 e. The minimum absolute atomic E-state index is 0.113. The van der Waals surface area contributed by atoms with E-state index in [0.717, 1.165) is 11.0 Å². The van der Waals surface area contributed by atoms with Crippen LogP contribution in [-0.4, -0.2) is 69.2 Å². The van der Waals surface area contributed by atoms with E-state index >= 15 is 0 Å². The summed E-state index contributed by atoms with van der Waals surface area (Å²) in [6.07, 6.45) is -0.0252. The minimum atomic E-state index is -4.48. The van der Waals surface area contributed by atoms with E-state index in [1.807, 2.05) is 15.4 Å². The van der Waals surface area contributed by atoms with E-state index in [4.69, 9.17) is 0 Å². The van der Waals surface area contributed by atoms with Crippen molar-refractivity contribution in [1.29, 1.82) is 0 Å². The highest BCUT2D eigenvalue weighted by molar-refractivity contribution is 7.89. The fourth-order valence-electron chi connectivity index (χ4n) is 4.24. The van der Waals surface area contributed by atoms with E-state index in [9.17, 15) is 21.6 Å². The monoisotopic (exact) mass is 414 g/mol. The molecule has 2 bridgehead atoms. The number of halogens is 3. The summed E-state index contributed by atoms with van der Waals surface area (Å²) >= 11 is 0. The Hall–Kier alpha value is -2.34. The maximum atomic E-state index is 12.4. The quantitative estimate of drug-likeness (QED) is 0.703. The zero-order chi connectivity index (χ0) is 19.7. The number of aromatic amines is 1. The lowest BCUT2D eigenvalue weighted by atomic mass is 10.2. The number of nitrogens with zero attached hydrogens (tertiary/aromatic N) is 5. The van der Waals surface area contributed by atoms with Gasteiger partial charge in [-0.15, -0.1) is 0 Å². The molecule has 2 atom stereocenters. The average molecular weight is 414 g/mol. The second-order valence-electron chi connectivity index (χ2n) is 7.23. The summed E-state index contributed by atoms with van der Waals surface area (Å²) in [6.45, 7) is 0.588. The van der Waals surface area contributed by atoms with Gasteiger partial charge in [0.25, 0.3) is 0 Å². The van der Waals surface area contributed by atoms with Crippen LogP contribution in [0.25, 0.3) is 16.7 Å². The average Bonchev–Trinajstić information content (AvgIpc) is 3.39. The standard InChI is InChI=1S/C16H17F3N6O2S/c17-16(18,19)2-4-28(26,27)24-9-10-5-11(24)8-23(10)15-22-7-12-6-21-14-13(25(12)15)1-3-20-14/h1,3,6-7,10-11,20H,2,4-5,8-9H2/t10-,11-/m0/s1. The molecule has 12 heteroatoms. The van der Waals surface area contributed by atoms with E-state index in [1.165, 1.54) is 4.31 Å². The van der Waals surface area contributed by atoms with Crippen molar-refractivity contribution in [2.45, 2.75) is 31.1 Å². The number of sulfonamides is 1. The van der Waals surface area contributed by atoms with E-state index in [0.29, 0.717) is 24.6 Å². The van der Waals surface area contributed by atoms with Crippen LogP contribution in [0.5, 0.6) is 0 Å². The zero-order valence-electron chi connectivity index (χ0n) is 14.6. The van der Waals surface area contributed by atoms with Crippen LogP contribution in [0.1, 0.15) is 12.8 Å². The van der Waals surface area contributed by atoms with Crippen molar-refractivity contribution in [3.8, 4) is 0 Å². The maximum Gasteiger partial charge on any atom is 0.390 e. The van der Waals surface area contributed by atoms with E-state index in [2.05, 4.69) is 15.0 Å². The number of hydrogen-bond acceptors (Lipinski definition) is 5. The van der Waals surface area contributed by atoms with Gasteiger partial charge in [-0.1, -0.05) is 0 Å². The molecule has 2 aliphatic rings. The Kier molecular flexibility index (Phi) is 3.69. The Morgan fingerprint density at radius 1 is 1.18 bits per heavy atom. The van der Waals surface area contributed by atoms with Gasteiger partial charge in [0.05, 0.1) is 35.6 Å². The highest BCUT2D eigenvalue weighted by atomic mass is 32.2. The molecule has 0 aromatic carbocycles. The smallest absolute Gasteiger partial charge is 0.345 e. The third kappa shape index (κ3) is 2.73. The Balaban J connectivity index is 1.41. The molecule has 5 heterocycles. The zero-order valence-corrected chi connectivity index (χ0v) is 15.4. The van der Waals surface area contributed by atoms with Gasteiger partial charge in [0.15, 0.2) is 5.65 Å². The number of imidazole rings is 1. The van der Waals surface area contributed by atoms with Crippen molar-refractivity contribution in [3.05, 3.63) is 24.7 Å². The molecule has 3 aromatic heterocycles. The van der Waals surface area contributed by atoms with Crippen molar-refractivity contribution >= 4 is 32.7 Å². The summed E-state index contributed by atoms with van der Waals surface area (Å²) in [5, 5.41) is 0. The van der Waals surface area contributed by atoms with Crippen LogP contribution in [0.15, 0.2) is 24.7 Å². The van der Waals surface area contributed by atoms with Crippen LogP contribution in [0, 0.1) is 0 Å². The summed E-state index contributed by atoms with van der Waals surface area (Å²) in [4.78, 5) is 13.9.